The lowest BCUT2D eigenvalue weighted by atomic mass is 10.1. The second-order valence-electron chi connectivity index (χ2n) is 2.48. The second kappa shape index (κ2) is 4.45. The molecule has 4 nitrogen and oxygen atoms in total. The molecule has 0 aliphatic heterocycles. The topological polar surface area (TPSA) is 69.0 Å². The van der Waals surface area contributed by atoms with Gasteiger partial charge in [0.25, 0.3) is 0 Å². The Morgan fingerprint density at radius 2 is 2.08 bits per heavy atom. The standard InChI is InChI=1S/C8H8FN3O/c9-7-3-1-6(2-4-7)8(13)5-11-12-10/h1-4,8,13H,5H2. The number of rotatable bonds is 3. The molecule has 0 fully saturated rings. The lowest BCUT2D eigenvalue weighted by Crippen LogP contribution is -2.00. The van der Waals surface area contributed by atoms with Gasteiger partial charge in [0.1, 0.15) is 5.82 Å². The summed E-state index contributed by atoms with van der Waals surface area (Å²) in [4.78, 5) is 2.51. The van der Waals surface area contributed by atoms with Crippen LogP contribution < -0.4 is 0 Å². The van der Waals surface area contributed by atoms with Gasteiger partial charge in [-0.15, -0.1) is 0 Å². The molecule has 1 aromatic rings. The van der Waals surface area contributed by atoms with Crippen LogP contribution in [0.25, 0.3) is 10.4 Å². The Hall–Kier alpha value is -1.58. The molecule has 0 radical (unpaired) electrons. The average Bonchev–Trinajstić information content (AvgIpc) is 2.15. The SMILES string of the molecule is [N-]=[N+]=NCC(O)c1ccc(F)cc1. The summed E-state index contributed by atoms with van der Waals surface area (Å²) in [5.74, 6) is -0.361. The molecular weight excluding hydrogens is 173 g/mol. The minimum atomic E-state index is -0.864. The molecule has 13 heavy (non-hydrogen) atoms. The van der Waals surface area contributed by atoms with Gasteiger partial charge in [0, 0.05) is 4.91 Å². The summed E-state index contributed by atoms with van der Waals surface area (Å²) in [5.41, 5.74) is 8.53. The summed E-state index contributed by atoms with van der Waals surface area (Å²) in [6.07, 6.45) is -0.864. The fraction of sp³-hybridized carbons (Fsp3) is 0.250. The zero-order chi connectivity index (χ0) is 9.68. The van der Waals surface area contributed by atoms with E-state index in [1.54, 1.807) is 0 Å². The van der Waals surface area contributed by atoms with Gasteiger partial charge >= 0.3 is 0 Å². The van der Waals surface area contributed by atoms with Crippen LogP contribution in [0.2, 0.25) is 0 Å². The van der Waals surface area contributed by atoms with Crippen LogP contribution in [0.15, 0.2) is 29.4 Å². The highest BCUT2D eigenvalue weighted by molar-refractivity contribution is 5.18. The Kier molecular flexibility index (Phi) is 3.25. The molecule has 1 unspecified atom stereocenters. The quantitative estimate of drug-likeness (QED) is 0.433. The van der Waals surface area contributed by atoms with Gasteiger partial charge in [-0.25, -0.2) is 4.39 Å². The van der Waals surface area contributed by atoms with Gasteiger partial charge < -0.3 is 5.11 Å². The van der Waals surface area contributed by atoms with E-state index in [2.05, 4.69) is 10.0 Å². The molecule has 0 amide bonds. The first-order valence-electron chi connectivity index (χ1n) is 3.68. The molecule has 5 heteroatoms. The smallest absolute Gasteiger partial charge is 0.123 e. The van der Waals surface area contributed by atoms with E-state index in [1.807, 2.05) is 0 Å². The predicted octanol–water partition coefficient (Wildman–Crippen LogP) is 2.17. The fourth-order valence-corrected chi connectivity index (χ4v) is 0.904. The highest BCUT2D eigenvalue weighted by Crippen LogP contribution is 2.13. The number of halogens is 1. The number of aliphatic hydroxyl groups is 1. The molecule has 1 rings (SSSR count). The van der Waals surface area contributed by atoms with E-state index in [0.717, 1.165) is 0 Å². The lowest BCUT2D eigenvalue weighted by Gasteiger charge is -2.06. The Bertz CT molecular complexity index is 319. The molecule has 1 N–H and O–H groups in total. The summed E-state index contributed by atoms with van der Waals surface area (Å²) >= 11 is 0. The van der Waals surface area contributed by atoms with Crippen molar-refractivity contribution in [2.24, 2.45) is 5.11 Å². The number of aliphatic hydroxyl groups excluding tert-OH is 1. The lowest BCUT2D eigenvalue weighted by molar-refractivity contribution is 0.186. The molecule has 0 bridgehead atoms. The molecular formula is C8H8FN3O. The van der Waals surface area contributed by atoms with Crippen LogP contribution >= 0.6 is 0 Å². The third-order valence-corrected chi connectivity index (χ3v) is 1.57. The Labute approximate surface area is 74.3 Å². The molecule has 0 heterocycles. The summed E-state index contributed by atoms with van der Waals surface area (Å²) in [6.45, 7) is -0.0396. The van der Waals surface area contributed by atoms with Gasteiger partial charge in [-0.1, -0.05) is 17.2 Å². The van der Waals surface area contributed by atoms with Crippen LogP contribution in [0.4, 0.5) is 4.39 Å². The van der Waals surface area contributed by atoms with Crippen LogP contribution in [-0.4, -0.2) is 11.7 Å². The minimum Gasteiger partial charge on any atom is -0.388 e. The van der Waals surface area contributed by atoms with E-state index in [0.29, 0.717) is 5.56 Å². The third-order valence-electron chi connectivity index (χ3n) is 1.57. The van der Waals surface area contributed by atoms with Gasteiger partial charge in [0.15, 0.2) is 0 Å². The second-order valence-corrected chi connectivity index (χ2v) is 2.48. The van der Waals surface area contributed by atoms with Crippen molar-refractivity contribution in [2.45, 2.75) is 6.10 Å². The van der Waals surface area contributed by atoms with Gasteiger partial charge in [0.05, 0.1) is 12.6 Å². The summed E-state index contributed by atoms with van der Waals surface area (Å²) in [7, 11) is 0. The van der Waals surface area contributed by atoms with Gasteiger partial charge in [-0.3, -0.25) is 0 Å². The Morgan fingerprint density at radius 1 is 1.46 bits per heavy atom. The largest absolute Gasteiger partial charge is 0.388 e. The molecule has 0 saturated heterocycles. The average molecular weight is 181 g/mol. The first kappa shape index (κ1) is 9.51. The van der Waals surface area contributed by atoms with Crippen molar-refractivity contribution in [1.82, 2.24) is 0 Å². The van der Waals surface area contributed by atoms with E-state index in [1.165, 1.54) is 24.3 Å². The highest BCUT2D eigenvalue weighted by Gasteiger charge is 2.04. The monoisotopic (exact) mass is 181 g/mol. The van der Waals surface area contributed by atoms with E-state index >= 15 is 0 Å². The van der Waals surface area contributed by atoms with Crippen LogP contribution in [0.5, 0.6) is 0 Å². The number of hydrogen-bond acceptors (Lipinski definition) is 2. The van der Waals surface area contributed by atoms with Gasteiger partial charge in [-0.2, -0.15) is 0 Å². The molecule has 0 aliphatic carbocycles. The minimum absolute atomic E-state index is 0.0396. The van der Waals surface area contributed by atoms with Crippen molar-refractivity contribution < 1.29 is 9.50 Å². The Morgan fingerprint density at radius 3 is 2.62 bits per heavy atom. The van der Waals surface area contributed by atoms with Crippen molar-refractivity contribution in [2.75, 3.05) is 6.54 Å². The van der Waals surface area contributed by atoms with Crippen molar-refractivity contribution in [3.05, 3.63) is 46.1 Å². The Balaban J connectivity index is 2.71. The number of nitrogens with zero attached hydrogens (tertiary/aromatic N) is 3. The maximum Gasteiger partial charge on any atom is 0.123 e. The summed E-state index contributed by atoms with van der Waals surface area (Å²) in [5, 5.41) is 12.6. The highest BCUT2D eigenvalue weighted by atomic mass is 19.1. The molecule has 0 saturated carbocycles. The molecule has 1 aromatic carbocycles. The maximum absolute atomic E-state index is 12.4. The molecule has 1 atom stereocenters. The summed E-state index contributed by atoms with van der Waals surface area (Å²) < 4.78 is 12.4. The fourth-order valence-electron chi connectivity index (χ4n) is 0.904. The molecule has 68 valence electrons. The normalized spacial score (nSPS) is 11.8. The van der Waals surface area contributed by atoms with E-state index < -0.39 is 6.10 Å². The zero-order valence-electron chi connectivity index (χ0n) is 6.76. The van der Waals surface area contributed by atoms with Crippen LogP contribution in [0.3, 0.4) is 0 Å². The van der Waals surface area contributed by atoms with Crippen LogP contribution in [-0.2, 0) is 0 Å². The van der Waals surface area contributed by atoms with Crippen molar-refractivity contribution in [3.8, 4) is 0 Å². The van der Waals surface area contributed by atoms with Gasteiger partial charge in [0.2, 0.25) is 0 Å². The first-order chi connectivity index (χ1) is 6.24. The van der Waals surface area contributed by atoms with Crippen molar-refractivity contribution >= 4 is 0 Å². The number of hydrogen-bond donors (Lipinski definition) is 1. The maximum atomic E-state index is 12.4. The third kappa shape index (κ3) is 2.74. The molecule has 0 aliphatic rings. The first-order valence-corrected chi connectivity index (χ1v) is 3.68. The van der Waals surface area contributed by atoms with Crippen LogP contribution in [0.1, 0.15) is 11.7 Å². The molecule has 0 aromatic heterocycles. The summed E-state index contributed by atoms with van der Waals surface area (Å²) in [6, 6.07) is 5.39. The van der Waals surface area contributed by atoms with Crippen molar-refractivity contribution in [3.63, 3.8) is 0 Å². The van der Waals surface area contributed by atoms with Crippen LogP contribution in [0, 0.1) is 5.82 Å². The molecule has 0 spiro atoms. The van der Waals surface area contributed by atoms with E-state index in [-0.39, 0.29) is 12.4 Å². The number of benzene rings is 1. The zero-order valence-corrected chi connectivity index (χ0v) is 6.76. The van der Waals surface area contributed by atoms with Crippen molar-refractivity contribution in [1.29, 1.82) is 0 Å². The predicted molar refractivity (Wildman–Crippen MR) is 45.4 cm³/mol. The number of azide groups is 1. The van der Waals surface area contributed by atoms with E-state index in [4.69, 9.17) is 5.53 Å². The van der Waals surface area contributed by atoms with E-state index in [9.17, 15) is 9.50 Å². The van der Waals surface area contributed by atoms with Gasteiger partial charge in [-0.05, 0) is 23.2 Å².